The Bertz CT molecular complexity index is 440. The molecule has 4 unspecified atom stereocenters. The van der Waals surface area contributed by atoms with Crippen molar-refractivity contribution in [2.24, 2.45) is 5.92 Å². The van der Waals surface area contributed by atoms with Gasteiger partial charge in [-0.3, -0.25) is 4.79 Å². The lowest BCUT2D eigenvalue weighted by molar-refractivity contribution is -0.138. The molecule has 1 fully saturated rings. The number of benzene rings is 1. The third-order valence-corrected chi connectivity index (χ3v) is 3.98. The zero-order chi connectivity index (χ0) is 14.0. The van der Waals surface area contributed by atoms with E-state index in [1.807, 2.05) is 24.3 Å². The maximum absolute atomic E-state index is 10.9. The minimum atomic E-state index is -0.831. The van der Waals surface area contributed by atoms with Crippen molar-refractivity contribution in [3.05, 3.63) is 35.4 Å². The molecular weight excluding hydrogens is 244 g/mol. The van der Waals surface area contributed by atoms with Gasteiger partial charge >= 0.3 is 5.97 Å². The van der Waals surface area contributed by atoms with Crippen LogP contribution in [0.2, 0.25) is 0 Å². The van der Waals surface area contributed by atoms with E-state index >= 15 is 0 Å². The van der Waals surface area contributed by atoms with Crippen LogP contribution in [-0.4, -0.2) is 33.5 Å². The van der Waals surface area contributed by atoms with Gasteiger partial charge in [0.1, 0.15) is 0 Å². The Hall–Kier alpha value is -1.39. The summed E-state index contributed by atoms with van der Waals surface area (Å²) in [5.74, 6) is -1.24. The lowest BCUT2D eigenvalue weighted by Gasteiger charge is -2.14. The highest BCUT2D eigenvalue weighted by Gasteiger charge is 2.31. The summed E-state index contributed by atoms with van der Waals surface area (Å²) in [5.41, 5.74) is 1.85. The Kier molecular flexibility index (Phi) is 4.22. The van der Waals surface area contributed by atoms with Gasteiger partial charge in [-0.15, -0.1) is 0 Å². The molecule has 0 aromatic heterocycles. The first-order valence-electron chi connectivity index (χ1n) is 6.65. The summed E-state index contributed by atoms with van der Waals surface area (Å²) in [4.78, 5) is 10.9. The topological polar surface area (TPSA) is 77.8 Å². The van der Waals surface area contributed by atoms with E-state index in [9.17, 15) is 15.0 Å². The molecule has 0 spiro atoms. The lowest BCUT2D eigenvalue weighted by atomic mass is 9.93. The molecule has 0 amide bonds. The second-order valence-electron chi connectivity index (χ2n) is 5.46. The molecule has 3 N–H and O–H groups in total. The number of aliphatic hydroxyl groups is 2. The molecular formula is C15H20O4. The summed E-state index contributed by atoms with van der Waals surface area (Å²) in [6.45, 7) is 1.66. The molecule has 1 saturated carbocycles. The smallest absolute Gasteiger partial charge is 0.310 e. The van der Waals surface area contributed by atoms with Crippen molar-refractivity contribution in [2.45, 2.75) is 44.3 Å². The zero-order valence-corrected chi connectivity index (χ0v) is 11.0. The molecule has 1 aromatic rings. The van der Waals surface area contributed by atoms with Gasteiger partial charge in [0.05, 0.1) is 18.1 Å². The fourth-order valence-electron chi connectivity index (χ4n) is 2.68. The van der Waals surface area contributed by atoms with Crippen molar-refractivity contribution < 1.29 is 20.1 Å². The normalized spacial score (nSPS) is 28.3. The fourth-order valence-corrected chi connectivity index (χ4v) is 2.68. The van der Waals surface area contributed by atoms with Gasteiger partial charge in [-0.2, -0.15) is 0 Å². The molecule has 0 bridgehead atoms. The number of hydrogen-bond donors (Lipinski definition) is 3. The van der Waals surface area contributed by atoms with E-state index in [2.05, 4.69) is 0 Å². The first-order chi connectivity index (χ1) is 8.97. The summed E-state index contributed by atoms with van der Waals surface area (Å²) in [6, 6.07) is 7.47. The summed E-state index contributed by atoms with van der Waals surface area (Å²) < 4.78 is 0. The van der Waals surface area contributed by atoms with Gasteiger partial charge in [0.2, 0.25) is 0 Å². The number of aliphatic carboxylic acids is 1. The van der Waals surface area contributed by atoms with Gasteiger partial charge in [-0.05, 0) is 43.2 Å². The van der Waals surface area contributed by atoms with Crippen molar-refractivity contribution >= 4 is 5.97 Å². The van der Waals surface area contributed by atoms with Crippen LogP contribution in [0.3, 0.4) is 0 Å². The molecule has 0 aliphatic heterocycles. The number of rotatable bonds is 4. The van der Waals surface area contributed by atoms with Gasteiger partial charge in [0.25, 0.3) is 0 Å². The molecule has 0 saturated heterocycles. The summed E-state index contributed by atoms with van der Waals surface area (Å²) in [5, 5.41) is 28.2. The number of hydrogen-bond acceptors (Lipinski definition) is 3. The van der Waals surface area contributed by atoms with E-state index in [0.717, 1.165) is 17.5 Å². The highest BCUT2D eigenvalue weighted by atomic mass is 16.4. The van der Waals surface area contributed by atoms with Crippen LogP contribution in [0.1, 0.15) is 36.8 Å². The van der Waals surface area contributed by atoms with Crippen LogP contribution in [0.4, 0.5) is 0 Å². The van der Waals surface area contributed by atoms with Gasteiger partial charge in [-0.1, -0.05) is 24.3 Å². The molecule has 4 atom stereocenters. The SMILES string of the molecule is CC(C(=O)O)c1ccc(CC2CC(O)CC2O)cc1. The summed E-state index contributed by atoms with van der Waals surface area (Å²) in [7, 11) is 0. The lowest BCUT2D eigenvalue weighted by Crippen LogP contribution is -2.15. The van der Waals surface area contributed by atoms with E-state index < -0.39 is 24.1 Å². The molecule has 1 aliphatic rings. The molecule has 0 radical (unpaired) electrons. The Morgan fingerprint density at radius 3 is 2.37 bits per heavy atom. The van der Waals surface area contributed by atoms with Crippen LogP contribution >= 0.6 is 0 Å². The van der Waals surface area contributed by atoms with Crippen LogP contribution < -0.4 is 0 Å². The molecule has 2 rings (SSSR count). The number of carboxylic acids is 1. The first kappa shape index (κ1) is 14.0. The van der Waals surface area contributed by atoms with Crippen molar-refractivity contribution in [1.82, 2.24) is 0 Å². The Morgan fingerprint density at radius 2 is 1.89 bits per heavy atom. The molecule has 4 nitrogen and oxygen atoms in total. The predicted octanol–water partition coefficient (Wildman–Crippen LogP) is 1.55. The second kappa shape index (κ2) is 5.72. The van der Waals surface area contributed by atoms with Crippen LogP contribution in [-0.2, 0) is 11.2 Å². The average Bonchev–Trinajstić information content (AvgIpc) is 2.68. The number of carboxylic acid groups (broad SMARTS) is 1. The van der Waals surface area contributed by atoms with Gasteiger partial charge in [0, 0.05) is 0 Å². The maximum Gasteiger partial charge on any atom is 0.310 e. The van der Waals surface area contributed by atoms with E-state index in [4.69, 9.17) is 5.11 Å². The van der Waals surface area contributed by atoms with E-state index in [-0.39, 0.29) is 5.92 Å². The van der Waals surface area contributed by atoms with Crippen molar-refractivity contribution in [2.75, 3.05) is 0 Å². The molecule has 19 heavy (non-hydrogen) atoms. The zero-order valence-electron chi connectivity index (χ0n) is 11.0. The minimum Gasteiger partial charge on any atom is -0.481 e. The molecule has 104 valence electrons. The third kappa shape index (κ3) is 3.33. The minimum absolute atomic E-state index is 0.0951. The largest absolute Gasteiger partial charge is 0.481 e. The predicted molar refractivity (Wildman–Crippen MR) is 70.9 cm³/mol. The number of carbonyl (C=O) groups is 1. The molecule has 1 aliphatic carbocycles. The van der Waals surface area contributed by atoms with Gasteiger partial charge in [0.15, 0.2) is 0 Å². The second-order valence-corrected chi connectivity index (χ2v) is 5.46. The third-order valence-electron chi connectivity index (χ3n) is 3.98. The Labute approximate surface area is 112 Å². The van der Waals surface area contributed by atoms with E-state index in [0.29, 0.717) is 12.8 Å². The Balaban J connectivity index is 2.01. The van der Waals surface area contributed by atoms with Crippen molar-refractivity contribution in [1.29, 1.82) is 0 Å². The van der Waals surface area contributed by atoms with E-state index in [1.54, 1.807) is 6.92 Å². The standard InChI is InChI=1S/C15H20O4/c1-9(15(18)19)11-4-2-10(3-5-11)6-12-7-13(16)8-14(12)17/h2-5,9,12-14,16-17H,6-8H2,1H3,(H,18,19). The van der Waals surface area contributed by atoms with E-state index in [1.165, 1.54) is 0 Å². The van der Waals surface area contributed by atoms with Crippen LogP contribution in [0.25, 0.3) is 0 Å². The summed E-state index contributed by atoms with van der Waals surface area (Å²) >= 11 is 0. The van der Waals surface area contributed by atoms with Crippen molar-refractivity contribution in [3.63, 3.8) is 0 Å². The Morgan fingerprint density at radius 1 is 1.26 bits per heavy atom. The highest BCUT2D eigenvalue weighted by Crippen LogP contribution is 2.29. The highest BCUT2D eigenvalue weighted by molar-refractivity contribution is 5.75. The molecule has 4 heteroatoms. The summed E-state index contributed by atoms with van der Waals surface area (Å²) in [6.07, 6.45) is 0.978. The first-order valence-corrected chi connectivity index (χ1v) is 6.65. The molecule has 0 heterocycles. The average molecular weight is 264 g/mol. The number of aliphatic hydroxyl groups excluding tert-OH is 2. The van der Waals surface area contributed by atoms with Crippen LogP contribution in [0.5, 0.6) is 0 Å². The quantitative estimate of drug-likeness (QED) is 0.771. The fraction of sp³-hybridized carbons (Fsp3) is 0.533. The van der Waals surface area contributed by atoms with Crippen LogP contribution in [0.15, 0.2) is 24.3 Å². The monoisotopic (exact) mass is 264 g/mol. The maximum atomic E-state index is 10.9. The van der Waals surface area contributed by atoms with Gasteiger partial charge in [-0.25, -0.2) is 0 Å². The van der Waals surface area contributed by atoms with Crippen LogP contribution in [0, 0.1) is 5.92 Å². The van der Waals surface area contributed by atoms with Crippen molar-refractivity contribution in [3.8, 4) is 0 Å². The van der Waals surface area contributed by atoms with Gasteiger partial charge < -0.3 is 15.3 Å². The molecule has 1 aromatic carbocycles.